The first-order valence-corrected chi connectivity index (χ1v) is 9.51. The van der Waals surface area contributed by atoms with Crippen LogP contribution in [0.25, 0.3) is 0 Å². The highest BCUT2D eigenvalue weighted by Crippen LogP contribution is 2.34. The van der Waals surface area contributed by atoms with E-state index >= 15 is 0 Å². The fourth-order valence-corrected chi connectivity index (χ4v) is 4.52. The molecule has 0 saturated carbocycles. The lowest BCUT2D eigenvalue weighted by atomic mass is 9.93. The summed E-state index contributed by atoms with van der Waals surface area (Å²) in [6.07, 6.45) is 0.790. The van der Waals surface area contributed by atoms with Crippen LogP contribution in [0.2, 0.25) is 0 Å². The summed E-state index contributed by atoms with van der Waals surface area (Å²) in [5.41, 5.74) is 1.02. The molecule has 0 radical (unpaired) electrons. The standard InChI is InChI=1S/C19H20FN3O2S/c1-21-10-17(24)23(16-5-8-26-11-16)13-19(21)6-7-22(12-19)18(25)14-3-2-4-15(20)9-14/h2-5,8-9,11H,6-7,10,12-13H2,1H3. The highest BCUT2D eigenvalue weighted by Gasteiger charge is 2.48. The van der Waals surface area contributed by atoms with Crippen molar-refractivity contribution in [1.29, 1.82) is 0 Å². The molecular formula is C19H20FN3O2S. The zero-order valence-electron chi connectivity index (χ0n) is 14.5. The molecular weight excluding hydrogens is 353 g/mol. The molecule has 0 N–H and O–H groups in total. The number of piperazine rings is 1. The van der Waals surface area contributed by atoms with E-state index in [2.05, 4.69) is 4.90 Å². The molecule has 2 fully saturated rings. The van der Waals surface area contributed by atoms with Crippen molar-refractivity contribution in [3.05, 3.63) is 52.5 Å². The maximum Gasteiger partial charge on any atom is 0.254 e. The Morgan fingerprint density at radius 3 is 2.85 bits per heavy atom. The van der Waals surface area contributed by atoms with Gasteiger partial charge in [0.15, 0.2) is 0 Å². The molecule has 2 aliphatic rings. The number of anilines is 1. The average molecular weight is 373 g/mol. The lowest BCUT2D eigenvalue weighted by Gasteiger charge is -2.46. The second-order valence-electron chi connectivity index (χ2n) is 7.03. The number of benzene rings is 1. The van der Waals surface area contributed by atoms with Crippen LogP contribution < -0.4 is 4.90 Å². The maximum absolute atomic E-state index is 13.5. The molecule has 2 aliphatic heterocycles. The van der Waals surface area contributed by atoms with Gasteiger partial charge in [-0.2, -0.15) is 11.3 Å². The smallest absolute Gasteiger partial charge is 0.254 e. The van der Waals surface area contributed by atoms with Gasteiger partial charge in [-0.15, -0.1) is 0 Å². The van der Waals surface area contributed by atoms with Gasteiger partial charge in [0.1, 0.15) is 5.82 Å². The van der Waals surface area contributed by atoms with Crippen molar-refractivity contribution in [3.63, 3.8) is 0 Å². The molecule has 1 aromatic carbocycles. The third-order valence-corrected chi connectivity index (χ3v) is 6.12. The predicted molar refractivity (Wildman–Crippen MR) is 99.0 cm³/mol. The van der Waals surface area contributed by atoms with Crippen LogP contribution in [0.15, 0.2) is 41.1 Å². The van der Waals surface area contributed by atoms with E-state index in [1.165, 1.54) is 12.1 Å². The summed E-state index contributed by atoms with van der Waals surface area (Å²) in [7, 11) is 1.94. The number of amides is 2. The van der Waals surface area contributed by atoms with Gasteiger partial charge in [0, 0.05) is 30.6 Å². The number of thiophene rings is 1. The van der Waals surface area contributed by atoms with Crippen LogP contribution >= 0.6 is 11.3 Å². The Hall–Kier alpha value is -2.25. The fourth-order valence-electron chi connectivity index (χ4n) is 3.88. The third-order valence-electron chi connectivity index (χ3n) is 5.44. The Morgan fingerprint density at radius 2 is 2.12 bits per heavy atom. The number of carbonyl (C=O) groups is 2. The molecule has 1 unspecified atom stereocenters. The number of likely N-dealkylation sites (N-methyl/N-ethyl adjacent to an activating group) is 1. The van der Waals surface area contributed by atoms with Crippen LogP contribution in [0.3, 0.4) is 0 Å². The third kappa shape index (κ3) is 2.91. The largest absolute Gasteiger partial charge is 0.337 e. The molecule has 4 rings (SSSR count). The molecule has 136 valence electrons. The first-order chi connectivity index (χ1) is 12.5. The lowest BCUT2D eigenvalue weighted by Crippen LogP contribution is -2.64. The first-order valence-electron chi connectivity index (χ1n) is 8.57. The highest BCUT2D eigenvalue weighted by atomic mass is 32.1. The van der Waals surface area contributed by atoms with Gasteiger partial charge >= 0.3 is 0 Å². The van der Waals surface area contributed by atoms with Gasteiger partial charge in [-0.3, -0.25) is 14.5 Å². The molecule has 2 aromatic rings. The Bertz CT molecular complexity index is 841. The van der Waals surface area contributed by atoms with Gasteiger partial charge in [0.05, 0.1) is 17.8 Å². The summed E-state index contributed by atoms with van der Waals surface area (Å²) in [6, 6.07) is 7.76. The van der Waals surface area contributed by atoms with E-state index in [4.69, 9.17) is 0 Å². The van der Waals surface area contributed by atoms with E-state index < -0.39 is 5.82 Å². The minimum absolute atomic E-state index is 0.0754. The fraction of sp³-hybridized carbons (Fsp3) is 0.368. The lowest BCUT2D eigenvalue weighted by molar-refractivity contribution is -0.123. The van der Waals surface area contributed by atoms with Gasteiger partial charge in [0.2, 0.25) is 5.91 Å². The van der Waals surface area contributed by atoms with E-state index in [-0.39, 0.29) is 17.4 Å². The summed E-state index contributed by atoms with van der Waals surface area (Å²) in [5, 5.41) is 3.93. The van der Waals surface area contributed by atoms with Gasteiger partial charge in [-0.05, 0) is 43.1 Å². The molecule has 2 amide bonds. The van der Waals surface area contributed by atoms with Crippen molar-refractivity contribution in [1.82, 2.24) is 9.80 Å². The molecule has 0 bridgehead atoms. The monoisotopic (exact) mass is 373 g/mol. The van der Waals surface area contributed by atoms with Crippen LogP contribution in [0.4, 0.5) is 10.1 Å². The number of hydrogen-bond acceptors (Lipinski definition) is 4. The number of carbonyl (C=O) groups excluding carboxylic acids is 2. The molecule has 5 nitrogen and oxygen atoms in total. The summed E-state index contributed by atoms with van der Waals surface area (Å²) >= 11 is 1.56. The summed E-state index contributed by atoms with van der Waals surface area (Å²) < 4.78 is 13.5. The van der Waals surface area contributed by atoms with E-state index in [1.807, 2.05) is 28.8 Å². The number of hydrogen-bond donors (Lipinski definition) is 0. The van der Waals surface area contributed by atoms with Gasteiger partial charge in [-0.25, -0.2) is 4.39 Å². The SMILES string of the molecule is CN1CC(=O)N(c2ccsc2)CC12CCN(C(=O)c1cccc(F)c1)C2. The molecule has 1 atom stereocenters. The average Bonchev–Trinajstić information content (AvgIpc) is 3.29. The summed E-state index contributed by atoms with van der Waals surface area (Å²) in [6.45, 7) is 2.03. The van der Waals surface area contributed by atoms with Crippen molar-refractivity contribution < 1.29 is 14.0 Å². The van der Waals surface area contributed by atoms with Crippen molar-refractivity contribution in [2.24, 2.45) is 0 Å². The Labute approximate surface area is 155 Å². The molecule has 7 heteroatoms. The van der Waals surface area contributed by atoms with E-state index in [0.717, 1.165) is 12.1 Å². The van der Waals surface area contributed by atoms with E-state index in [1.54, 1.807) is 28.4 Å². The van der Waals surface area contributed by atoms with Crippen LogP contribution in [0.5, 0.6) is 0 Å². The van der Waals surface area contributed by atoms with E-state index in [0.29, 0.717) is 31.7 Å². The summed E-state index contributed by atoms with van der Waals surface area (Å²) in [4.78, 5) is 30.9. The first kappa shape index (κ1) is 17.2. The Balaban J connectivity index is 1.55. The number of rotatable bonds is 2. The quantitative estimate of drug-likeness (QED) is 0.812. The molecule has 3 heterocycles. The van der Waals surface area contributed by atoms with Crippen LogP contribution in [-0.4, -0.2) is 60.4 Å². The normalized spacial score (nSPS) is 23.8. The molecule has 1 aromatic heterocycles. The van der Waals surface area contributed by atoms with Crippen LogP contribution in [0.1, 0.15) is 16.8 Å². The number of likely N-dealkylation sites (tertiary alicyclic amines) is 1. The number of nitrogens with zero attached hydrogens (tertiary/aromatic N) is 3. The highest BCUT2D eigenvalue weighted by molar-refractivity contribution is 7.08. The van der Waals surface area contributed by atoms with Crippen molar-refractivity contribution in [2.75, 3.05) is 38.1 Å². The van der Waals surface area contributed by atoms with Gasteiger partial charge in [0.25, 0.3) is 5.91 Å². The van der Waals surface area contributed by atoms with Crippen molar-refractivity contribution >= 4 is 28.8 Å². The zero-order chi connectivity index (χ0) is 18.3. The van der Waals surface area contributed by atoms with Crippen molar-refractivity contribution in [2.45, 2.75) is 12.0 Å². The predicted octanol–water partition coefficient (Wildman–Crippen LogP) is 2.45. The van der Waals surface area contributed by atoms with Gasteiger partial charge in [-0.1, -0.05) is 6.07 Å². The minimum Gasteiger partial charge on any atom is -0.337 e. The topological polar surface area (TPSA) is 43.9 Å². The van der Waals surface area contributed by atoms with Crippen LogP contribution in [0, 0.1) is 5.82 Å². The molecule has 1 spiro atoms. The zero-order valence-corrected chi connectivity index (χ0v) is 15.3. The maximum atomic E-state index is 13.5. The molecule has 2 saturated heterocycles. The van der Waals surface area contributed by atoms with Crippen molar-refractivity contribution in [3.8, 4) is 0 Å². The second kappa shape index (κ2) is 6.48. The Morgan fingerprint density at radius 1 is 1.27 bits per heavy atom. The van der Waals surface area contributed by atoms with Gasteiger partial charge < -0.3 is 9.80 Å². The molecule has 0 aliphatic carbocycles. The summed E-state index contributed by atoms with van der Waals surface area (Å²) in [5.74, 6) is -0.492. The van der Waals surface area contributed by atoms with E-state index in [9.17, 15) is 14.0 Å². The minimum atomic E-state index is -0.409. The Kier molecular flexibility index (Phi) is 4.28. The second-order valence-corrected chi connectivity index (χ2v) is 7.81. The number of halogens is 1. The molecule has 26 heavy (non-hydrogen) atoms. The van der Waals surface area contributed by atoms with Crippen LogP contribution in [-0.2, 0) is 4.79 Å².